The Kier molecular flexibility index (Phi) is 5.62. The van der Waals surface area contributed by atoms with Crippen LogP contribution in [-0.2, 0) is 14.3 Å². The van der Waals surface area contributed by atoms with Crippen molar-refractivity contribution in [3.8, 4) is 11.3 Å². The van der Waals surface area contributed by atoms with Gasteiger partial charge in [-0.2, -0.15) is 5.10 Å². The molecule has 8 heteroatoms. The topological polar surface area (TPSA) is 83.6 Å². The number of methoxy groups -OCH3 is 2. The Morgan fingerprint density at radius 1 is 1.32 bits per heavy atom. The number of anilines is 1. The van der Waals surface area contributed by atoms with Gasteiger partial charge < -0.3 is 19.3 Å². The predicted molar refractivity (Wildman–Crippen MR) is 93.3 cm³/mol. The van der Waals surface area contributed by atoms with Gasteiger partial charge >= 0.3 is 0 Å². The summed E-state index contributed by atoms with van der Waals surface area (Å²) in [6.07, 6.45) is 3.00. The minimum atomic E-state index is -0.542. The number of nitrogens with zero attached hydrogens (tertiary/aromatic N) is 4. The molecule has 25 heavy (non-hydrogen) atoms. The highest BCUT2D eigenvalue weighted by atomic mass is 16.5. The fourth-order valence-electron chi connectivity index (χ4n) is 2.89. The van der Waals surface area contributed by atoms with Crippen LogP contribution in [0.2, 0.25) is 0 Å². The number of piperazine rings is 1. The first-order valence-corrected chi connectivity index (χ1v) is 8.24. The fourth-order valence-corrected chi connectivity index (χ4v) is 2.89. The fraction of sp³-hybridized carbons (Fsp3) is 0.471. The molecule has 1 aliphatic heterocycles. The highest BCUT2D eigenvalue weighted by molar-refractivity contribution is 5.81. The first kappa shape index (κ1) is 17.4. The van der Waals surface area contributed by atoms with Gasteiger partial charge in [0.1, 0.15) is 0 Å². The normalized spacial score (nSPS) is 16.1. The number of rotatable bonds is 6. The van der Waals surface area contributed by atoms with Crippen molar-refractivity contribution in [2.75, 3.05) is 51.9 Å². The third-order valence-electron chi connectivity index (χ3n) is 4.33. The number of pyridine rings is 1. The molecule has 1 saturated heterocycles. The van der Waals surface area contributed by atoms with Crippen molar-refractivity contribution < 1.29 is 14.3 Å². The molecule has 134 valence electrons. The number of hydrogen-bond donors (Lipinski definition) is 1. The average Bonchev–Trinajstić information content (AvgIpc) is 3.16. The van der Waals surface area contributed by atoms with Crippen LogP contribution >= 0.6 is 0 Å². The minimum Gasteiger partial charge on any atom is -0.381 e. The molecule has 1 N–H and O–H groups in total. The lowest BCUT2D eigenvalue weighted by Crippen LogP contribution is -2.52. The van der Waals surface area contributed by atoms with E-state index < -0.39 is 6.10 Å². The van der Waals surface area contributed by atoms with Crippen LogP contribution in [0.1, 0.15) is 0 Å². The highest BCUT2D eigenvalue weighted by Crippen LogP contribution is 2.22. The van der Waals surface area contributed by atoms with Gasteiger partial charge in [-0.1, -0.05) is 0 Å². The van der Waals surface area contributed by atoms with Crippen LogP contribution in [0.5, 0.6) is 0 Å². The van der Waals surface area contributed by atoms with Crippen molar-refractivity contribution >= 4 is 11.7 Å². The molecule has 0 bridgehead atoms. The summed E-state index contributed by atoms with van der Waals surface area (Å²) in [6, 6.07) is 5.89. The van der Waals surface area contributed by atoms with Crippen molar-refractivity contribution in [2.45, 2.75) is 6.10 Å². The largest absolute Gasteiger partial charge is 0.381 e. The van der Waals surface area contributed by atoms with Crippen LogP contribution in [-0.4, -0.2) is 79.1 Å². The van der Waals surface area contributed by atoms with Crippen LogP contribution in [0.4, 0.5) is 5.82 Å². The molecule has 1 aliphatic rings. The van der Waals surface area contributed by atoms with E-state index in [0.29, 0.717) is 13.1 Å². The summed E-state index contributed by atoms with van der Waals surface area (Å²) in [5.74, 6) is 0.855. The number of aromatic amines is 1. The number of aromatic nitrogens is 3. The molecule has 0 aliphatic carbocycles. The summed E-state index contributed by atoms with van der Waals surface area (Å²) in [5.41, 5.74) is 1.93. The lowest BCUT2D eigenvalue weighted by molar-refractivity contribution is -0.145. The van der Waals surface area contributed by atoms with Crippen LogP contribution in [0.3, 0.4) is 0 Å². The Labute approximate surface area is 146 Å². The molecule has 1 atom stereocenters. The van der Waals surface area contributed by atoms with Gasteiger partial charge in [0.05, 0.1) is 12.3 Å². The third kappa shape index (κ3) is 3.97. The van der Waals surface area contributed by atoms with Gasteiger partial charge in [-0.25, -0.2) is 0 Å². The highest BCUT2D eigenvalue weighted by Gasteiger charge is 2.28. The van der Waals surface area contributed by atoms with Crippen molar-refractivity contribution in [1.82, 2.24) is 20.1 Å². The van der Waals surface area contributed by atoms with Gasteiger partial charge in [-0.3, -0.25) is 14.9 Å². The molecule has 1 fully saturated rings. The molecule has 0 saturated carbocycles. The molecular weight excluding hydrogens is 322 g/mol. The van der Waals surface area contributed by atoms with Gasteiger partial charge in [-0.05, 0) is 12.1 Å². The van der Waals surface area contributed by atoms with E-state index in [1.165, 1.54) is 7.11 Å². The molecular formula is C17H23N5O3. The second-order valence-electron chi connectivity index (χ2n) is 5.87. The quantitative estimate of drug-likeness (QED) is 0.833. The Bertz CT molecular complexity index is 683. The molecule has 1 amide bonds. The second-order valence-corrected chi connectivity index (χ2v) is 5.87. The maximum Gasteiger partial charge on any atom is 0.254 e. The van der Waals surface area contributed by atoms with Crippen LogP contribution in [0, 0.1) is 0 Å². The summed E-state index contributed by atoms with van der Waals surface area (Å²) in [6.45, 7) is 3.00. The van der Waals surface area contributed by atoms with E-state index >= 15 is 0 Å². The molecule has 1 unspecified atom stereocenters. The molecule has 0 aromatic carbocycles. The molecule has 3 heterocycles. The summed E-state index contributed by atoms with van der Waals surface area (Å²) >= 11 is 0. The van der Waals surface area contributed by atoms with E-state index in [9.17, 15) is 4.79 Å². The lowest BCUT2D eigenvalue weighted by Gasteiger charge is -2.36. The zero-order valence-electron chi connectivity index (χ0n) is 14.5. The maximum atomic E-state index is 12.4. The van der Waals surface area contributed by atoms with Crippen LogP contribution in [0.15, 0.2) is 30.6 Å². The number of amides is 1. The summed E-state index contributed by atoms with van der Waals surface area (Å²) in [4.78, 5) is 20.5. The summed E-state index contributed by atoms with van der Waals surface area (Å²) in [7, 11) is 3.09. The minimum absolute atomic E-state index is 0.0259. The molecule has 0 radical (unpaired) electrons. The smallest absolute Gasteiger partial charge is 0.254 e. The van der Waals surface area contributed by atoms with Gasteiger partial charge in [0.15, 0.2) is 11.9 Å². The number of carbonyl (C=O) groups excluding carboxylic acids is 1. The van der Waals surface area contributed by atoms with Crippen molar-refractivity contribution in [3.63, 3.8) is 0 Å². The van der Waals surface area contributed by atoms with Crippen molar-refractivity contribution in [2.24, 2.45) is 0 Å². The Morgan fingerprint density at radius 3 is 2.76 bits per heavy atom. The number of H-pyrrole nitrogens is 1. The predicted octanol–water partition coefficient (Wildman–Crippen LogP) is 0.782. The molecule has 0 spiro atoms. The van der Waals surface area contributed by atoms with E-state index in [2.05, 4.69) is 20.1 Å². The van der Waals surface area contributed by atoms with Crippen LogP contribution in [0.25, 0.3) is 11.3 Å². The van der Waals surface area contributed by atoms with Gasteiger partial charge in [0.25, 0.3) is 5.91 Å². The van der Waals surface area contributed by atoms with E-state index in [1.807, 2.05) is 23.1 Å². The Morgan fingerprint density at radius 2 is 2.12 bits per heavy atom. The SMILES string of the molecule is COCC(OC)C(=O)N1CCN(c2cc(-c3cccnc3)[nH]n2)CC1. The van der Waals surface area contributed by atoms with Crippen LogP contribution < -0.4 is 4.90 Å². The number of hydrogen-bond acceptors (Lipinski definition) is 6. The summed E-state index contributed by atoms with van der Waals surface area (Å²) < 4.78 is 10.3. The standard InChI is InChI=1S/C17H23N5O3/c1-24-12-15(25-2)17(23)22-8-6-21(7-9-22)16-10-14(19-20-16)13-4-3-5-18-11-13/h3-5,10-11,15H,6-9,12H2,1-2H3,(H,19,20). The van der Waals surface area contributed by atoms with Crippen molar-refractivity contribution in [3.05, 3.63) is 30.6 Å². The Hall–Kier alpha value is -2.45. The van der Waals surface area contributed by atoms with E-state index in [1.54, 1.807) is 19.5 Å². The zero-order chi connectivity index (χ0) is 17.6. The average molecular weight is 345 g/mol. The number of carbonyl (C=O) groups is 1. The molecule has 3 rings (SSSR count). The third-order valence-corrected chi connectivity index (χ3v) is 4.33. The first-order chi connectivity index (χ1) is 12.2. The number of ether oxygens (including phenoxy) is 2. The molecule has 2 aromatic heterocycles. The second kappa shape index (κ2) is 8.09. The first-order valence-electron chi connectivity index (χ1n) is 8.24. The maximum absolute atomic E-state index is 12.4. The van der Waals surface area contributed by atoms with Gasteiger partial charge in [-0.15, -0.1) is 0 Å². The molecule has 8 nitrogen and oxygen atoms in total. The van der Waals surface area contributed by atoms with E-state index in [-0.39, 0.29) is 12.5 Å². The van der Waals surface area contributed by atoms with E-state index in [4.69, 9.17) is 9.47 Å². The zero-order valence-corrected chi connectivity index (χ0v) is 14.5. The number of nitrogens with one attached hydrogen (secondary N) is 1. The van der Waals surface area contributed by atoms with Gasteiger partial charge in [0.2, 0.25) is 0 Å². The monoisotopic (exact) mass is 345 g/mol. The lowest BCUT2D eigenvalue weighted by atomic mass is 10.2. The Balaban J connectivity index is 1.59. The van der Waals surface area contributed by atoms with Crippen molar-refractivity contribution in [1.29, 1.82) is 0 Å². The molecule has 2 aromatic rings. The summed E-state index contributed by atoms with van der Waals surface area (Å²) in [5, 5.41) is 7.44. The van der Waals surface area contributed by atoms with E-state index in [0.717, 1.165) is 30.2 Å². The van der Waals surface area contributed by atoms with Gasteiger partial charge in [0, 0.05) is 64.4 Å².